The van der Waals surface area contributed by atoms with Crippen LogP contribution in [0.15, 0.2) is 59.8 Å². The van der Waals surface area contributed by atoms with E-state index in [1.807, 2.05) is 6.07 Å². The lowest BCUT2D eigenvalue weighted by Crippen LogP contribution is -2.06. The number of hydrogen-bond acceptors (Lipinski definition) is 5. The summed E-state index contributed by atoms with van der Waals surface area (Å²) in [6.07, 6.45) is 0. The first-order chi connectivity index (χ1) is 11.1. The van der Waals surface area contributed by atoms with Crippen molar-refractivity contribution in [3.8, 4) is 0 Å². The number of aromatic carboxylic acids is 1. The van der Waals surface area contributed by atoms with Crippen molar-refractivity contribution in [3.05, 3.63) is 65.9 Å². The summed E-state index contributed by atoms with van der Waals surface area (Å²) >= 11 is 1.13. The van der Waals surface area contributed by atoms with Crippen LogP contribution in [0.2, 0.25) is 0 Å². The fourth-order valence-electron chi connectivity index (χ4n) is 2.12. The van der Waals surface area contributed by atoms with Gasteiger partial charge in [0.15, 0.2) is 16.6 Å². The molecule has 0 atom stereocenters. The number of ketones is 1. The van der Waals surface area contributed by atoms with Crippen LogP contribution >= 0.6 is 11.8 Å². The molecule has 6 heteroatoms. The maximum atomic E-state index is 12.1. The molecule has 0 aliphatic heterocycles. The minimum atomic E-state index is -1.11. The highest BCUT2D eigenvalue weighted by molar-refractivity contribution is 7.99. The second-order valence-corrected chi connectivity index (χ2v) is 5.70. The monoisotopic (exact) mass is 324 g/mol. The normalized spacial score (nSPS) is 10.6. The summed E-state index contributed by atoms with van der Waals surface area (Å²) in [5.74, 6) is -1.01. The summed E-state index contributed by atoms with van der Waals surface area (Å²) in [7, 11) is 0. The molecule has 3 rings (SSSR count). The van der Waals surface area contributed by atoms with Crippen LogP contribution < -0.4 is 0 Å². The van der Waals surface area contributed by atoms with E-state index in [9.17, 15) is 14.7 Å². The van der Waals surface area contributed by atoms with Gasteiger partial charge in [0, 0.05) is 10.9 Å². The molecule has 0 amide bonds. The van der Waals surface area contributed by atoms with Crippen molar-refractivity contribution in [2.24, 2.45) is 0 Å². The number of carbonyl (C=O) groups excluding carboxylic acids is 1. The Balaban J connectivity index is 1.86. The first-order valence-corrected chi connectivity index (χ1v) is 7.85. The Morgan fingerprint density at radius 2 is 1.65 bits per heavy atom. The summed E-state index contributed by atoms with van der Waals surface area (Å²) < 4.78 is 0. The molecular weight excluding hydrogens is 312 g/mol. The highest BCUT2D eigenvalue weighted by Crippen LogP contribution is 2.21. The Kier molecular flexibility index (Phi) is 4.34. The number of hydrogen-bond donors (Lipinski definition) is 1. The summed E-state index contributed by atoms with van der Waals surface area (Å²) in [6, 6.07) is 15.8. The quantitative estimate of drug-likeness (QED) is 0.440. The zero-order chi connectivity index (χ0) is 16.2. The fraction of sp³-hybridized carbons (Fsp3) is 0.0588. The number of carboxylic acid groups (broad SMARTS) is 1. The zero-order valence-corrected chi connectivity index (χ0v) is 12.8. The summed E-state index contributed by atoms with van der Waals surface area (Å²) in [5, 5.41) is 10.1. The zero-order valence-electron chi connectivity index (χ0n) is 12.0. The number of aromatic nitrogens is 2. The molecule has 0 bridgehead atoms. The highest BCUT2D eigenvalue weighted by atomic mass is 32.2. The van der Waals surface area contributed by atoms with E-state index in [1.165, 1.54) is 0 Å². The number of carboxylic acids is 1. The standard InChI is InChI=1S/C17H12N2O3S/c20-14(11-6-2-1-3-7-11)10-23-17-18-13-9-5-4-8-12(13)15(19-17)16(21)22/h1-9H,10H2,(H,21,22). The van der Waals surface area contributed by atoms with Crippen molar-refractivity contribution < 1.29 is 14.7 Å². The van der Waals surface area contributed by atoms with Gasteiger partial charge in [0.2, 0.25) is 0 Å². The van der Waals surface area contributed by atoms with Crippen molar-refractivity contribution >= 4 is 34.4 Å². The van der Waals surface area contributed by atoms with Crippen LogP contribution in [-0.2, 0) is 0 Å². The van der Waals surface area contributed by atoms with Gasteiger partial charge in [0.05, 0.1) is 11.3 Å². The van der Waals surface area contributed by atoms with Crippen LogP contribution in [-0.4, -0.2) is 32.6 Å². The molecule has 0 fully saturated rings. The summed E-state index contributed by atoms with van der Waals surface area (Å²) in [6.45, 7) is 0. The Morgan fingerprint density at radius 3 is 2.39 bits per heavy atom. The molecular formula is C17H12N2O3S. The number of para-hydroxylation sites is 1. The number of thioether (sulfide) groups is 1. The summed E-state index contributed by atoms with van der Waals surface area (Å²) in [4.78, 5) is 31.9. The Bertz CT molecular complexity index is 881. The number of Topliss-reactive ketones (excluding diaryl/α,β-unsaturated/α-hetero) is 1. The lowest BCUT2D eigenvalue weighted by Gasteiger charge is -2.05. The lowest BCUT2D eigenvalue weighted by atomic mass is 10.2. The van der Waals surface area contributed by atoms with Gasteiger partial charge in [-0.3, -0.25) is 4.79 Å². The van der Waals surface area contributed by atoms with Gasteiger partial charge in [0.25, 0.3) is 0 Å². The highest BCUT2D eigenvalue weighted by Gasteiger charge is 2.15. The van der Waals surface area contributed by atoms with Gasteiger partial charge >= 0.3 is 5.97 Å². The molecule has 0 spiro atoms. The first-order valence-electron chi connectivity index (χ1n) is 6.86. The number of fused-ring (bicyclic) bond motifs is 1. The second-order valence-electron chi connectivity index (χ2n) is 4.75. The van der Waals surface area contributed by atoms with E-state index < -0.39 is 5.97 Å². The third-order valence-corrected chi connectivity index (χ3v) is 4.06. The van der Waals surface area contributed by atoms with Gasteiger partial charge in [0.1, 0.15) is 0 Å². The molecule has 0 aliphatic rings. The second kappa shape index (κ2) is 6.58. The molecule has 0 aliphatic carbocycles. The number of benzene rings is 2. The smallest absolute Gasteiger partial charge is 0.355 e. The van der Waals surface area contributed by atoms with Crippen LogP contribution in [0.4, 0.5) is 0 Å². The average Bonchev–Trinajstić information content (AvgIpc) is 2.59. The molecule has 114 valence electrons. The molecule has 3 aromatic rings. The van der Waals surface area contributed by atoms with Crippen molar-refractivity contribution in [1.29, 1.82) is 0 Å². The van der Waals surface area contributed by atoms with Crippen LogP contribution in [0.25, 0.3) is 10.9 Å². The van der Waals surface area contributed by atoms with E-state index in [-0.39, 0.29) is 22.4 Å². The molecule has 1 N–H and O–H groups in total. The Labute approximate surface area is 136 Å². The molecule has 1 aromatic heterocycles. The van der Waals surface area contributed by atoms with Crippen molar-refractivity contribution in [2.45, 2.75) is 5.16 Å². The molecule has 2 aromatic carbocycles. The van der Waals surface area contributed by atoms with Crippen molar-refractivity contribution in [2.75, 3.05) is 5.75 Å². The first kappa shape index (κ1) is 15.2. The van der Waals surface area contributed by atoms with Crippen LogP contribution in [0, 0.1) is 0 Å². The number of carbonyl (C=O) groups is 2. The predicted molar refractivity (Wildman–Crippen MR) is 88.0 cm³/mol. The Hall–Kier alpha value is -2.73. The summed E-state index contributed by atoms with van der Waals surface area (Å²) in [5.41, 5.74) is 1.11. The van der Waals surface area contributed by atoms with E-state index >= 15 is 0 Å². The van der Waals surface area contributed by atoms with Crippen LogP contribution in [0.1, 0.15) is 20.8 Å². The van der Waals surface area contributed by atoms with E-state index in [0.29, 0.717) is 16.5 Å². The topological polar surface area (TPSA) is 80.2 Å². The SMILES string of the molecule is O=C(CSc1nc(C(=O)O)c2ccccc2n1)c1ccccc1. The number of rotatable bonds is 5. The fourth-order valence-corrected chi connectivity index (χ4v) is 2.87. The van der Waals surface area contributed by atoms with Crippen LogP contribution in [0.3, 0.4) is 0 Å². The molecule has 5 nitrogen and oxygen atoms in total. The maximum Gasteiger partial charge on any atom is 0.355 e. The Morgan fingerprint density at radius 1 is 0.957 bits per heavy atom. The largest absolute Gasteiger partial charge is 0.476 e. The molecule has 0 saturated carbocycles. The van der Waals surface area contributed by atoms with Gasteiger partial charge in [-0.25, -0.2) is 14.8 Å². The van der Waals surface area contributed by atoms with Crippen LogP contribution in [0.5, 0.6) is 0 Å². The maximum absolute atomic E-state index is 12.1. The van der Waals surface area contributed by atoms with Gasteiger partial charge in [-0.05, 0) is 6.07 Å². The molecule has 0 saturated heterocycles. The molecule has 0 radical (unpaired) electrons. The van der Waals surface area contributed by atoms with Gasteiger partial charge < -0.3 is 5.11 Å². The third-order valence-electron chi connectivity index (χ3n) is 3.21. The number of nitrogens with zero attached hydrogens (tertiary/aromatic N) is 2. The van der Waals surface area contributed by atoms with E-state index in [2.05, 4.69) is 9.97 Å². The minimum Gasteiger partial charge on any atom is -0.476 e. The van der Waals surface area contributed by atoms with Crippen molar-refractivity contribution in [3.63, 3.8) is 0 Å². The van der Waals surface area contributed by atoms with Gasteiger partial charge in [-0.2, -0.15) is 0 Å². The molecule has 23 heavy (non-hydrogen) atoms. The predicted octanol–water partition coefficient (Wildman–Crippen LogP) is 3.30. The lowest BCUT2D eigenvalue weighted by molar-refractivity contribution is 0.0691. The minimum absolute atomic E-state index is 0.0507. The van der Waals surface area contributed by atoms with Gasteiger partial charge in [-0.1, -0.05) is 60.3 Å². The van der Waals surface area contributed by atoms with E-state index in [1.54, 1.807) is 48.5 Å². The van der Waals surface area contributed by atoms with E-state index in [4.69, 9.17) is 0 Å². The average molecular weight is 324 g/mol. The third kappa shape index (κ3) is 3.37. The van der Waals surface area contributed by atoms with Crippen molar-refractivity contribution in [1.82, 2.24) is 9.97 Å². The van der Waals surface area contributed by atoms with Gasteiger partial charge in [-0.15, -0.1) is 0 Å². The molecule has 0 unspecified atom stereocenters. The van der Waals surface area contributed by atoms with E-state index in [0.717, 1.165) is 11.8 Å². The molecule has 1 heterocycles.